The van der Waals surface area contributed by atoms with E-state index in [1.54, 1.807) is 6.20 Å². The summed E-state index contributed by atoms with van der Waals surface area (Å²) in [4.78, 5) is 20.9. The topological polar surface area (TPSA) is 79.2 Å². The summed E-state index contributed by atoms with van der Waals surface area (Å²) >= 11 is 1.09. The van der Waals surface area contributed by atoms with Crippen LogP contribution in [0, 0.1) is 0 Å². The first-order valence-electron chi connectivity index (χ1n) is 7.82. The fourth-order valence-electron chi connectivity index (χ4n) is 2.72. The predicted molar refractivity (Wildman–Crippen MR) is 88.3 cm³/mol. The molecule has 2 amide bonds. The van der Waals surface area contributed by atoms with Crippen molar-refractivity contribution in [2.75, 3.05) is 31.5 Å². The Bertz CT molecular complexity index is 627. The SMILES string of the molecule is CCn1ccnc1CN1CCCN(C(=O)Nc2cnsn2)CC1. The second kappa shape index (κ2) is 7.51. The van der Waals surface area contributed by atoms with Crippen molar-refractivity contribution in [3.05, 3.63) is 24.4 Å². The van der Waals surface area contributed by atoms with E-state index in [1.165, 1.54) is 0 Å². The quantitative estimate of drug-likeness (QED) is 0.916. The maximum atomic E-state index is 12.3. The van der Waals surface area contributed by atoms with E-state index >= 15 is 0 Å². The molecule has 1 N–H and O–H groups in total. The zero-order chi connectivity index (χ0) is 16.1. The van der Waals surface area contributed by atoms with Crippen LogP contribution < -0.4 is 5.32 Å². The van der Waals surface area contributed by atoms with Gasteiger partial charge in [-0.1, -0.05) is 0 Å². The first kappa shape index (κ1) is 15.9. The van der Waals surface area contributed by atoms with Crippen molar-refractivity contribution in [2.24, 2.45) is 0 Å². The van der Waals surface area contributed by atoms with Crippen LogP contribution in [-0.2, 0) is 13.1 Å². The Morgan fingerprint density at radius 3 is 3.04 bits per heavy atom. The summed E-state index contributed by atoms with van der Waals surface area (Å²) in [7, 11) is 0. The number of nitrogens with zero attached hydrogens (tertiary/aromatic N) is 6. The molecule has 23 heavy (non-hydrogen) atoms. The van der Waals surface area contributed by atoms with E-state index in [9.17, 15) is 4.79 Å². The van der Waals surface area contributed by atoms with Gasteiger partial charge in [0.2, 0.25) is 0 Å². The third-order valence-electron chi connectivity index (χ3n) is 3.98. The highest BCUT2D eigenvalue weighted by Crippen LogP contribution is 2.10. The molecular weight excluding hydrogens is 314 g/mol. The van der Waals surface area contributed by atoms with Gasteiger partial charge in [-0.05, 0) is 13.3 Å². The Morgan fingerprint density at radius 1 is 1.35 bits per heavy atom. The van der Waals surface area contributed by atoms with E-state index in [1.807, 2.05) is 17.3 Å². The average molecular weight is 335 g/mol. The molecule has 1 fully saturated rings. The summed E-state index contributed by atoms with van der Waals surface area (Å²) in [5.74, 6) is 1.60. The lowest BCUT2D eigenvalue weighted by Crippen LogP contribution is -2.38. The Kier molecular flexibility index (Phi) is 5.19. The molecular formula is C14H21N7OS. The lowest BCUT2D eigenvalue weighted by molar-refractivity contribution is 0.210. The number of aryl methyl sites for hydroxylation is 1. The van der Waals surface area contributed by atoms with Crippen molar-refractivity contribution < 1.29 is 4.79 Å². The van der Waals surface area contributed by atoms with Crippen molar-refractivity contribution in [1.82, 2.24) is 28.1 Å². The van der Waals surface area contributed by atoms with Crippen LogP contribution in [0.25, 0.3) is 0 Å². The molecule has 0 saturated carbocycles. The van der Waals surface area contributed by atoms with E-state index in [-0.39, 0.29) is 6.03 Å². The minimum atomic E-state index is -0.102. The highest BCUT2D eigenvalue weighted by molar-refractivity contribution is 6.99. The predicted octanol–water partition coefficient (Wildman–Crippen LogP) is 1.49. The van der Waals surface area contributed by atoms with Crippen molar-refractivity contribution in [3.8, 4) is 0 Å². The summed E-state index contributed by atoms with van der Waals surface area (Å²) in [6.07, 6.45) is 6.37. The molecule has 0 atom stereocenters. The smallest absolute Gasteiger partial charge is 0.323 e. The number of rotatable bonds is 4. The Labute approximate surface area is 139 Å². The molecule has 3 rings (SSSR count). The molecule has 0 aliphatic carbocycles. The van der Waals surface area contributed by atoms with Crippen LogP contribution in [0.1, 0.15) is 19.2 Å². The van der Waals surface area contributed by atoms with E-state index in [4.69, 9.17) is 0 Å². The normalized spacial score (nSPS) is 16.3. The van der Waals surface area contributed by atoms with Gasteiger partial charge in [-0.15, -0.1) is 0 Å². The van der Waals surface area contributed by atoms with Crippen molar-refractivity contribution in [3.63, 3.8) is 0 Å². The second-order valence-corrected chi connectivity index (χ2v) is 6.03. The highest BCUT2D eigenvalue weighted by Gasteiger charge is 2.20. The van der Waals surface area contributed by atoms with Crippen LogP contribution >= 0.6 is 11.7 Å². The van der Waals surface area contributed by atoms with Crippen LogP contribution in [0.5, 0.6) is 0 Å². The third kappa shape index (κ3) is 4.05. The van der Waals surface area contributed by atoms with Gasteiger partial charge in [-0.25, -0.2) is 9.78 Å². The van der Waals surface area contributed by atoms with Gasteiger partial charge >= 0.3 is 6.03 Å². The molecule has 8 nitrogen and oxygen atoms in total. The number of amides is 2. The molecule has 0 unspecified atom stereocenters. The summed E-state index contributed by atoms with van der Waals surface area (Å²) < 4.78 is 10.1. The number of carbonyl (C=O) groups excluding carboxylic acids is 1. The standard InChI is InChI=1S/C14H21N7OS/c1-2-20-7-4-15-13(20)11-19-5-3-6-21(9-8-19)14(22)17-12-10-16-23-18-12/h4,7,10H,2-3,5-6,8-9,11H2,1H3,(H,17,18,22). The van der Waals surface area contributed by atoms with Gasteiger partial charge in [-0.2, -0.15) is 8.75 Å². The fourth-order valence-corrected chi connectivity index (χ4v) is 3.09. The summed E-state index contributed by atoms with van der Waals surface area (Å²) in [5, 5.41) is 2.79. The van der Waals surface area contributed by atoms with E-state index < -0.39 is 0 Å². The van der Waals surface area contributed by atoms with Gasteiger partial charge in [0, 0.05) is 45.1 Å². The summed E-state index contributed by atoms with van der Waals surface area (Å²) in [5.41, 5.74) is 0. The Balaban J connectivity index is 1.53. The molecule has 2 aromatic rings. The van der Waals surface area contributed by atoms with Gasteiger partial charge in [0.05, 0.1) is 24.5 Å². The first-order valence-corrected chi connectivity index (χ1v) is 8.55. The van der Waals surface area contributed by atoms with Crippen molar-refractivity contribution >= 4 is 23.6 Å². The molecule has 1 aliphatic rings. The molecule has 0 aromatic carbocycles. The molecule has 1 saturated heterocycles. The van der Waals surface area contributed by atoms with E-state index in [0.717, 1.165) is 56.7 Å². The zero-order valence-electron chi connectivity index (χ0n) is 13.2. The second-order valence-electron chi connectivity index (χ2n) is 5.47. The number of anilines is 1. The highest BCUT2D eigenvalue weighted by atomic mass is 32.1. The van der Waals surface area contributed by atoms with Crippen molar-refractivity contribution in [2.45, 2.75) is 26.4 Å². The fraction of sp³-hybridized carbons (Fsp3) is 0.571. The maximum absolute atomic E-state index is 12.3. The Morgan fingerprint density at radius 2 is 2.26 bits per heavy atom. The molecule has 124 valence electrons. The number of carbonyl (C=O) groups is 1. The first-order chi connectivity index (χ1) is 11.3. The van der Waals surface area contributed by atoms with Crippen molar-refractivity contribution in [1.29, 1.82) is 0 Å². The van der Waals surface area contributed by atoms with Crippen LogP contribution in [0.2, 0.25) is 0 Å². The lowest BCUT2D eigenvalue weighted by Gasteiger charge is -2.21. The van der Waals surface area contributed by atoms with Gasteiger partial charge in [0.25, 0.3) is 0 Å². The average Bonchev–Trinajstić information content (AvgIpc) is 3.15. The summed E-state index contributed by atoms with van der Waals surface area (Å²) in [6.45, 7) is 7.15. The summed E-state index contributed by atoms with van der Waals surface area (Å²) in [6, 6.07) is -0.102. The number of nitrogens with one attached hydrogen (secondary N) is 1. The minimum absolute atomic E-state index is 0.102. The molecule has 0 radical (unpaired) electrons. The number of hydrogen-bond acceptors (Lipinski definition) is 6. The minimum Gasteiger partial charge on any atom is -0.334 e. The van der Waals surface area contributed by atoms with Crippen LogP contribution in [0.15, 0.2) is 18.6 Å². The van der Waals surface area contributed by atoms with Crippen LogP contribution in [0.3, 0.4) is 0 Å². The maximum Gasteiger partial charge on any atom is 0.323 e. The number of imidazole rings is 1. The zero-order valence-corrected chi connectivity index (χ0v) is 14.0. The molecule has 0 bridgehead atoms. The Hall–Kier alpha value is -2.00. The number of aromatic nitrogens is 4. The molecule has 0 spiro atoms. The largest absolute Gasteiger partial charge is 0.334 e. The van der Waals surface area contributed by atoms with Gasteiger partial charge in [-0.3, -0.25) is 10.2 Å². The molecule has 2 aromatic heterocycles. The van der Waals surface area contributed by atoms with E-state index in [0.29, 0.717) is 12.4 Å². The lowest BCUT2D eigenvalue weighted by atomic mass is 10.4. The van der Waals surface area contributed by atoms with Gasteiger partial charge < -0.3 is 9.47 Å². The van der Waals surface area contributed by atoms with Gasteiger partial charge in [0.15, 0.2) is 5.82 Å². The molecule has 1 aliphatic heterocycles. The number of urea groups is 1. The molecule has 9 heteroatoms. The number of hydrogen-bond donors (Lipinski definition) is 1. The monoisotopic (exact) mass is 335 g/mol. The van der Waals surface area contributed by atoms with E-state index in [2.05, 4.69) is 35.4 Å². The third-order valence-corrected chi connectivity index (χ3v) is 4.46. The van der Waals surface area contributed by atoms with Gasteiger partial charge in [0.1, 0.15) is 5.82 Å². The van der Waals surface area contributed by atoms with Crippen LogP contribution in [0.4, 0.5) is 10.6 Å². The van der Waals surface area contributed by atoms with Crippen LogP contribution in [-0.4, -0.2) is 60.3 Å². The molecule has 3 heterocycles.